The van der Waals surface area contributed by atoms with Gasteiger partial charge in [-0.2, -0.15) is 0 Å². The maximum Gasteiger partial charge on any atom is 0.341 e. The first-order chi connectivity index (χ1) is 7.75. The molecule has 1 heterocycles. The number of nitrogens with zero attached hydrogens (tertiary/aromatic N) is 2. The van der Waals surface area contributed by atoms with Crippen LogP contribution in [0.3, 0.4) is 0 Å². The van der Waals surface area contributed by atoms with E-state index >= 15 is 0 Å². The monoisotopic (exact) mass is 220 g/mol. The number of carboxylic acids is 1. The first kappa shape index (κ1) is 10.2. The Balaban J connectivity index is 2.08. The van der Waals surface area contributed by atoms with Crippen LogP contribution in [-0.2, 0) is 4.79 Å². The van der Waals surface area contributed by atoms with Crippen LogP contribution in [0.15, 0.2) is 35.1 Å². The summed E-state index contributed by atoms with van der Waals surface area (Å²) in [5, 5.41) is 15.7. The third kappa shape index (κ3) is 2.35. The molecule has 82 valence electrons. The van der Waals surface area contributed by atoms with Gasteiger partial charge in [-0.1, -0.05) is 0 Å². The zero-order valence-corrected chi connectivity index (χ0v) is 8.16. The second-order valence-corrected chi connectivity index (χ2v) is 2.95. The Morgan fingerprint density at radius 2 is 2.12 bits per heavy atom. The molecule has 0 spiro atoms. The molecule has 16 heavy (non-hydrogen) atoms. The van der Waals surface area contributed by atoms with Crippen LogP contribution in [0.25, 0.3) is 11.5 Å². The van der Waals surface area contributed by atoms with Gasteiger partial charge in [0, 0.05) is 5.56 Å². The lowest BCUT2D eigenvalue weighted by Crippen LogP contribution is -2.09. The van der Waals surface area contributed by atoms with Crippen molar-refractivity contribution in [3.05, 3.63) is 30.7 Å². The Morgan fingerprint density at radius 3 is 2.69 bits per heavy atom. The first-order valence-electron chi connectivity index (χ1n) is 4.47. The van der Waals surface area contributed by atoms with Gasteiger partial charge in [0.05, 0.1) is 0 Å². The minimum Gasteiger partial charge on any atom is -0.482 e. The summed E-state index contributed by atoms with van der Waals surface area (Å²) in [5.41, 5.74) is 0.750. The molecular formula is C10H8N2O4. The molecule has 0 aliphatic rings. The number of carboxylic acid groups (broad SMARTS) is 1. The Labute approximate surface area is 90.5 Å². The SMILES string of the molecule is O=C(O)COc1ccc(-c2nnco2)cc1. The number of aromatic nitrogens is 2. The highest BCUT2D eigenvalue weighted by atomic mass is 16.5. The maximum absolute atomic E-state index is 10.3. The van der Waals surface area contributed by atoms with Crippen molar-refractivity contribution in [2.75, 3.05) is 6.61 Å². The van der Waals surface area contributed by atoms with E-state index in [0.29, 0.717) is 11.6 Å². The first-order valence-corrected chi connectivity index (χ1v) is 4.47. The maximum atomic E-state index is 10.3. The summed E-state index contributed by atoms with van der Waals surface area (Å²) >= 11 is 0. The summed E-state index contributed by atoms with van der Waals surface area (Å²) in [4.78, 5) is 10.3. The molecule has 6 nitrogen and oxygen atoms in total. The van der Waals surface area contributed by atoms with E-state index in [1.807, 2.05) is 0 Å². The summed E-state index contributed by atoms with van der Waals surface area (Å²) in [6, 6.07) is 6.71. The van der Waals surface area contributed by atoms with Crippen molar-refractivity contribution < 1.29 is 19.1 Å². The molecular weight excluding hydrogens is 212 g/mol. The van der Waals surface area contributed by atoms with Gasteiger partial charge in [0.1, 0.15) is 5.75 Å². The van der Waals surface area contributed by atoms with Crippen molar-refractivity contribution in [1.29, 1.82) is 0 Å². The van der Waals surface area contributed by atoms with Gasteiger partial charge >= 0.3 is 5.97 Å². The normalized spacial score (nSPS) is 10.0. The molecule has 1 N–H and O–H groups in total. The van der Waals surface area contributed by atoms with E-state index in [4.69, 9.17) is 14.3 Å². The second kappa shape index (κ2) is 4.43. The average Bonchev–Trinajstić information content (AvgIpc) is 2.80. The zero-order valence-electron chi connectivity index (χ0n) is 8.16. The number of carbonyl (C=O) groups is 1. The lowest BCUT2D eigenvalue weighted by Gasteiger charge is -2.02. The van der Waals surface area contributed by atoms with Gasteiger partial charge in [-0.3, -0.25) is 0 Å². The van der Waals surface area contributed by atoms with E-state index in [2.05, 4.69) is 10.2 Å². The Morgan fingerprint density at radius 1 is 1.38 bits per heavy atom. The molecule has 2 aromatic rings. The van der Waals surface area contributed by atoms with Crippen LogP contribution in [0, 0.1) is 0 Å². The molecule has 0 radical (unpaired) electrons. The van der Waals surface area contributed by atoms with Crippen molar-refractivity contribution >= 4 is 5.97 Å². The van der Waals surface area contributed by atoms with Crippen molar-refractivity contribution in [2.24, 2.45) is 0 Å². The molecule has 6 heteroatoms. The summed E-state index contributed by atoms with van der Waals surface area (Å²) < 4.78 is 9.97. The summed E-state index contributed by atoms with van der Waals surface area (Å²) in [5.74, 6) is -0.128. The van der Waals surface area contributed by atoms with Crippen LogP contribution >= 0.6 is 0 Å². The molecule has 0 saturated heterocycles. The molecule has 0 fully saturated rings. The predicted molar refractivity (Wildman–Crippen MR) is 52.9 cm³/mol. The fourth-order valence-corrected chi connectivity index (χ4v) is 1.14. The molecule has 1 aromatic heterocycles. The fourth-order valence-electron chi connectivity index (χ4n) is 1.14. The van der Waals surface area contributed by atoms with Gasteiger partial charge in [0.2, 0.25) is 12.3 Å². The topological polar surface area (TPSA) is 85.5 Å². The number of hydrogen-bond acceptors (Lipinski definition) is 5. The number of rotatable bonds is 4. The van der Waals surface area contributed by atoms with Gasteiger partial charge in [-0.25, -0.2) is 4.79 Å². The largest absolute Gasteiger partial charge is 0.482 e. The summed E-state index contributed by atoms with van der Waals surface area (Å²) in [6.45, 7) is -0.361. The number of ether oxygens (including phenoxy) is 1. The summed E-state index contributed by atoms with van der Waals surface area (Å²) in [6.07, 6.45) is 1.24. The van der Waals surface area contributed by atoms with E-state index in [-0.39, 0.29) is 6.61 Å². The van der Waals surface area contributed by atoms with Gasteiger partial charge in [-0.15, -0.1) is 10.2 Å². The van der Waals surface area contributed by atoms with E-state index in [1.54, 1.807) is 24.3 Å². The molecule has 0 atom stereocenters. The number of benzene rings is 1. The average molecular weight is 220 g/mol. The van der Waals surface area contributed by atoms with E-state index in [9.17, 15) is 4.79 Å². The quantitative estimate of drug-likeness (QED) is 0.833. The van der Waals surface area contributed by atoms with Crippen LogP contribution in [0.4, 0.5) is 0 Å². The highest BCUT2D eigenvalue weighted by Gasteiger charge is 2.04. The second-order valence-electron chi connectivity index (χ2n) is 2.95. The molecule has 0 amide bonds. The third-order valence-corrected chi connectivity index (χ3v) is 1.82. The van der Waals surface area contributed by atoms with Crippen LogP contribution in [0.2, 0.25) is 0 Å². The molecule has 0 unspecified atom stereocenters. The van der Waals surface area contributed by atoms with Gasteiger partial charge < -0.3 is 14.3 Å². The summed E-state index contributed by atoms with van der Waals surface area (Å²) in [7, 11) is 0. The van der Waals surface area contributed by atoms with Crippen LogP contribution in [0.5, 0.6) is 5.75 Å². The smallest absolute Gasteiger partial charge is 0.341 e. The van der Waals surface area contributed by atoms with Crippen LogP contribution < -0.4 is 4.74 Å². The Bertz CT molecular complexity index is 464. The highest BCUT2D eigenvalue weighted by Crippen LogP contribution is 2.19. The molecule has 2 rings (SSSR count). The third-order valence-electron chi connectivity index (χ3n) is 1.82. The van der Waals surface area contributed by atoms with E-state index in [0.717, 1.165) is 5.56 Å². The molecule has 0 aliphatic carbocycles. The van der Waals surface area contributed by atoms with Crippen molar-refractivity contribution in [2.45, 2.75) is 0 Å². The standard InChI is InChI=1S/C10H8N2O4/c13-9(14)5-15-8-3-1-7(2-4-8)10-12-11-6-16-10/h1-4,6H,5H2,(H,13,14). The molecule has 1 aromatic carbocycles. The fraction of sp³-hybridized carbons (Fsp3) is 0.100. The Hall–Kier alpha value is -2.37. The predicted octanol–water partition coefficient (Wildman–Crippen LogP) is 1.20. The van der Waals surface area contributed by atoms with Crippen molar-refractivity contribution in [3.63, 3.8) is 0 Å². The van der Waals surface area contributed by atoms with Gasteiger partial charge in [0.15, 0.2) is 6.61 Å². The molecule has 0 aliphatic heterocycles. The zero-order chi connectivity index (χ0) is 11.4. The van der Waals surface area contributed by atoms with Gasteiger partial charge in [-0.05, 0) is 24.3 Å². The minimum absolute atomic E-state index is 0.361. The Kier molecular flexibility index (Phi) is 2.81. The number of hydrogen-bond donors (Lipinski definition) is 1. The lowest BCUT2D eigenvalue weighted by atomic mass is 10.2. The minimum atomic E-state index is -1.01. The van der Waals surface area contributed by atoms with Crippen LogP contribution in [-0.4, -0.2) is 27.9 Å². The van der Waals surface area contributed by atoms with Crippen molar-refractivity contribution in [3.8, 4) is 17.2 Å². The van der Waals surface area contributed by atoms with Gasteiger partial charge in [0.25, 0.3) is 0 Å². The lowest BCUT2D eigenvalue weighted by molar-refractivity contribution is -0.139. The van der Waals surface area contributed by atoms with E-state index in [1.165, 1.54) is 6.39 Å². The number of aliphatic carboxylic acids is 1. The molecule has 0 bridgehead atoms. The van der Waals surface area contributed by atoms with Crippen molar-refractivity contribution in [1.82, 2.24) is 10.2 Å². The highest BCUT2D eigenvalue weighted by molar-refractivity contribution is 5.68. The van der Waals surface area contributed by atoms with Crippen LogP contribution in [0.1, 0.15) is 0 Å². The van der Waals surface area contributed by atoms with E-state index < -0.39 is 5.97 Å². The molecule has 0 saturated carbocycles.